The smallest absolute Gasteiger partial charge is 0.161 e. The number of hydrogen-bond acceptors (Lipinski definition) is 7. The van der Waals surface area contributed by atoms with Crippen LogP contribution in [0, 0.1) is 0 Å². The van der Waals surface area contributed by atoms with Crippen LogP contribution in [0.2, 0.25) is 0 Å². The molecular formula is C23H25NO5S. The molecule has 0 radical (unpaired) electrons. The van der Waals surface area contributed by atoms with Crippen molar-refractivity contribution in [3.05, 3.63) is 71.8 Å². The molecule has 3 rings (SSSR count). The Morgan fingerprint density at radius 3 is 2.27 bits per heavy atom. The standard InChI is InChI=1S/C23H25NO5S/c1-26-18-12-19(25)23(22(13-18)28-3)30-24-14-17-9-10-20(21(11-17)27-2)29-15-16-7-5-4-6-8-16/h4-13,24-25H,14-15H2,1-3H3. The molecule has 3 aromatic rings. The Hall–Kier alpha value is -3.03. The number of ether oxygens (including phenoxy) is 4. The van der Waals surface area contributed by atoms with E-state index in [0.29, 0.717) is 41.0 Å². The van der Waals surface area contributed by atoms with E-state index in [1.165, 1.54) is 11.9 Å². The predicted octanol–water partition coefficient (Wildman–Crippen LogP) is 4.79. The van der Waals surface area contributed by atoms with E-state index >= 15 is 0 Å². The molecule has 0 heterocycles. The molecule has 3 aromatic carbocycles. The molecular weight excluding hydrogens is 402 g/mol. The monoisotopic (exact) mass is 427 g/mol. The third-order valence-corrected chi connectivity index (χ3v) is 5.28. The molecule has 0 spiro atoms. The SMILES string of the molecule is COc1cc(O)c(SNCc2ccc(OCc3ccccc3)c(OC)c2)c(OC)c1. The van der Waals surface area contributed by atoms with E-state index in [1.807, 2.05) is 48.5 Å². The zero-order valence-electron chi connectivity index (χ0n) is 17.2. The maximum Gasteiger partial charge on any atom is 0.161 e. The Bertz CT molecular complexity index is 965. The summed E-state index contributed by atoms with van der Waals surface area (Å²) in [5.41, 5.74) is 2.10. The van der Waals surface area contributed by atoms with Gasteiger partial charge in [-0.25, -0.2) is 0 Å². The van der Waals surface area contributed by atoms with Crippen molar-refractivity contribution in [2.24, 2.45) is 0 Å². The van der Waals surface area contributed by atoms with Crippen LogP contribution < -0.4 is 23.7 Å². The van der Waals surface area contributed by atoms with E-state index in [2.05, 4.69) is 4.72 Å². The minimum atomic E-state index is 0.0888. The molecule has 0 atom stereocenters. The molecule has 0 bridgehead atoms. The maximum absolute atomic E-state index is 10.2. The summed E-state index contributed by atoms with van der Waals surface area (Å²) in [5.74, 6) is 2.51. The van der Waals surface area contributed by atoms with Gasteiger partial charge in [0.1, 0.15) is 28.8 Å². The van der Waals surface area contributed by atoms with Gasteiger partial charge in [0.25, 0.3) is 0 Å². The fraction of sp³-hybridized carbons (Fsp3) is 0.217. The molecule has 0 aliphatic heterocycles. The van der Waals surface area contributed by atoms with Crippen LogP contribution in [-0.4, -0.2) is 26.4 Å². The molecule has 2 N–H and O–H groups in total. The molecule has 0 aliphatic carbocycles. The molecule has 0 aromatic heterocycles. The Labute approximate surface area is 180 Å². The van der Waals surface area contributed by atoms with Crippen LogP contribution in [0.5, 0.6) is 28.7 Å². The van der Waals surface area contributed by atoms with Crippen LogP contribution in [0.25, 0.3) is 0 Å². The first-order valence-corrected chi connectivity index (χ1v) is 10.1. The van der Waals surface area contributed by atoms with Gasteiger partial charge in [0, 0.05) is 18.7 Å². The quantitative estimate of drug-likeness (QED) is 0.451. The first kappa shape index (κ1) is 21.7. The second kappa shape index (κ2) is 10.7. The predicted molar refractivity (Wildman–Crippen MR) is 118 cm³/mol. The van der Waals surface area contributed by atoms with E-state index in [1.54, 1.807) is 33.5 Å². The fourth-order valence-corrected chi connectivity index (χ4v) is 3.59. The van der Waals surface area contributed by atoms with Crippen molar-refractivity contribution in [3.63, 3.8) is 0 Å². The van der Waals surface area contributed by atoms with Crippen molar-refractivity contribution in [1.29, 1.82) is 0 Å². The zero-order chi connectivity index (χ0) is 21.3. The van der Waals surface area contributed by atoms with Gasteiger partial charge in [0.15, 0.2) is 11.5 Å². The lowest BCUT2D eigenvalue weighted by Crippen LogP contribution is -2.05. The normalized spacial score (nSPS) is 10.5. The molecule has 0 aliphatic rings. The van der Waals surface area contributed by atoms with Crippen molar-refractivity contribution in [2.75, 3.05) is 21.3 Å². The van der Waals surface area contributed by atoms with Gasteiger partial charge in [-0.05, 0) is 35.2 Å². The first-order valence-electron chi connectivity index (χ1n) is 9.33. The topological polar surface area (TPSA) is 69.2 Å². The summed E-state index contributed by atoms with van der Waals surface area (Å²) in [5, 5.41) is 10.2. The Kier molecular flexibility index (Phi) is 7.70. The highest BCUT2D eigenvalue weighted by atomic mass is 32.2. The van der Waals surface area contributed by atoms with Gasteiger partial charge in [0.2, 0.25) is 0 Å². The van der Waals surface area contributed by atoms with Crippen molar-refractivity contribution in [1.82, 2.24) is 4.72 Å². The number of benzene rings is 3. The highest BCUT2D eigenvalue weighted by Crippen LogP contribution is 2.39. The fourth-order valence-electron chi connectivity index (χ4n) is 2.80. The number of aromatic hydroxyl groups is 1. The van der Waals surface area contributed by atoms with Gasteiger partial charge in [-0.1, -0.05) is 36.4 Å². The van der Waals surface area contributed by atoms with Gasteiger partial charge >= 0.3 is 0 Å². The number of rotatable bonds is 10. The van der Waals surface area contributed by atoms with Gasteiger partial charge in [0.05, 0.1) is 21.3 Å². The zero-order valence-corrected chi connectivity index (χ0v) is 18.0. The molecule has 0 fully saturated rings. The average Bonchev–Trinajstić information content (AvgIpc) is 2.79. The molecule has 6 nitrogen and oxygen atoms in total. The van der Waals surface area contributed by atoms with Crippen LogP contribution in [0.1, 0.15) is 11.1 Å². The molecule has 7 heteroatoms. The summed E-state index contributed by atoms with van der Waals surface area (Å²) in [6.45, 7) is 1.02. The highest BCUT2D eigenvalue weighted by molar-refractivity contribution is 7.97. The lowest BCUT2D eigenvalue weighted by atomic mass is 10.2. The van der Waals surface area contributed by atoms with E-state index in [0.717, 1.165) is 11.1 Å². The largest absolute Gasteiger partial charge is 0.506 e. The molecule has 0 saturated heterocycles. The lowest BCUT2D eigenvalue weighted by molar-refractivity contribution is 0.284. The summed E-state index contributed by atoms with van der Waals surface area (Å²) in [4.78, 5) is 0.591. The van der Waals surface area contributed by atoms with Gasteiger partial charge in [-0.15, -0.1) is 0 Å². The van der Waals surface area contributed by atoms with E-state index in [-0.39, 0.29) is 5.75 Å². The van der Waals surface area contributed by atoms with Gasteiger partial charge in [-0.3, -0.25) is 4.72 Å². The van der Waals surface area contributed by atoms with E-state index in [4.69, 9.17) is 18.9 Å². The second-order valence-corrected chi connectivity index (χ2v) is 7.26. The summed E-state index contributed by atoms with van der Waals surface area (Å²) in [6.07, 6.45) is 0. The Morgan fingerprint density at radius 1 is 0.800 bits per heavy atom. The Morgan fingerprint density at radius 2 is 1.57 bits per heavy atom. The first-order chi connectivity index (χ1) is 14.6. The summed E-state index contributed by atoms with van der Waals surface area (Å²) in [6, 6.07) is 19.1. The number of methoxy groups -OCH3 is 3. The second-order valence-electron chi connectivity index (χ2n) is 6.36. The van der Waals surface area contributed by atoms with E-state index in [9.17, 15) is 5.11 Å². The number of phenolic OH excluding ortho intramolecular Hbond substituents is 1. The van der Waals surface area contributed by atoms with Crippen LogP contribution >= 0.6 is 11.9 Å². The van der Waals surface area contributed by atoms with Gasteiger partial charge in [-0.2, -0.15) is 0 Å². The molecule has 0 saturated carbocycles. The molecule has 0 amide bonds. The van der Waals surface area contributed by atoms with Crippen molar-refractivity contribution in [2.45, 2.75) is 18.0 Å². The minimum absolute atomic E-state index is 0.0888. The number of nitrogens with one attached hydrogen (secondary N) is 1. The lowest BCUT2D eigenvalue weighted by Gasteiger charge is -2.14. The summed E-state index contributed by atoms with van der Waals surface area (Å²) in [7, 11) is 4.72. The van der Waals surface area contributed by atoms with Crippen molar-refractivity contribution < 1.29 is 24.1 Å². The summed E-state index contributed by atoms with van der Waals surface area (Å²) < 4.78 is 25.1. The van der Waals surface area contributed by atoms with Crippen molar-refractivity contribution in [3.8, 4) is 28.7 Å². The third-order valence-electron chi connectivity index (χ3n) is 4.38. The number of hydrogen-bond donors (Lipinski definition) is 2. The minimum Gasteiger partial charge on any atom is -0.506 e. The van der Waals surface area contributed by atoms with Crippen LogP contribution in [0.15, 0.2) is 65.6 Å². The van der Waals surface area contributed by atoms with Crippen LogP contribution in [-0.2, 0) is 13.2 Å². The van der Waals surface area contributed by atoms with Gasteiger partial charge < -0.3 is 24.1 Å². The molecule has 0 unspecified atom stereocenters. The summed E-state index contributed by atoms with van der Waals surface area (Å²) >= 11 is 1.28. The van der Waals surface area contributed by atoms with E-state index < -0.39 is 0 Å². The Balaban J connectivity index is 1.62. The van der Waals surface area contributed by atoms with Crippen LogP contribution in [0.4, 0.5) is 0 Å². The molecule has 30 heavy (non-hydrogen) atoms. The highest BCUT2D eigenvalue weighted by Gasteiger charge is 2.13. The average molecular weight is 428 g/mol. The van der Waals surface area contributed by atoms with Crippen molar-refractivity contribution >= 4 is 11.9 Å². The van der Waals surface area contributed by atoms with Crippen LogP contribution in [0.3, 0.4) is 0 Å². The maximum atomic E-state index is 10.2. The third kappa shape index (κ3) is 5.52. The molecule has 158 valence electrons. The number of phenols is 1.